The fraction of sp³-hybridized carbons (Fsp3) is 0.625. The van der Waals surface area contributed by atoms with E-state index in [0.717, 1.165) is 29.9 Å². The molecule has 2 heterocycles. The van der Waals surface area contributed by atoms with Gasteiger partial charge in [-0.15, -0.1) is 0 Å². The number of sulfonamides is 1. The van der Waals surface area contributed by atoms with E-state index >= 15 is 0 Å². The molecule has 0 spiro atoms. The van der Waals surface area contributed by atoms with Gasteiger partial charge in [-0.05, 0) is 25.8 Å². The van der Waals surface area contributed by atoms with Crippen LogP contribution in [0.5, 0.6) is 11.5 Å². The molecule has 0 aromatic heterocycles. The van der Waals surface area contributed by atoms with Crippen molar-refractivity contribution >= 4 is 10.0 Å². The van der Waals surface area contributed by atoms with E-state index in [1.807, 2.05) is 18.2 Å². The van der Waals surface area contributed by atoms with Crippen LogP contribution in [0.1, 0.15) is 25.3 Å². The van der Waals surface area contributed by atoms with E-state index in [2.05, 4.69) is 5.32 Å². The molecule has 1 aromatic rings. The Bertz CT molecular complexity index is 639. The van der Waals surface area contributed by atoms with Crippen molar-refractivity contribution in [2.45, 2.75) is 32.4 Å². The Hall–Kier alpha value is -1.31. The highest BCUT2D eigenvalue weighted by molar-refractivity contribution is 7.89. The van der Waals surface area contributed by atoms with Crippen molar-refractivity contribution in [3.05, 3.63) is 23.8 Å². The van der Waals surface area contributed by atoms with Gasteiger partial charge in [0, 0.05) is 31.2 Å². The molecular formula is C16H24N2O4S. The fourth-order valence-electron chi connectivity index (χ4n) is 3.05. The van der Waals surface area contributed by atoms with Crippen LogP contribution >= 0.6 is 0 Å². The van der Waals surface area contributed by atoms with Crippen molar-refractivity contribution in [1.29, 1.82) is 0 Å². The van der Waals surface area contributed by atoms with Crippen molar-refractivity contribution < 1.29 is 17.9 Å². The van der Waals surface area contributed by atoms with Crippen LogP contribution in [-0.4, -0.2) is 50.8 Å². The Labute approximate surface area is 137 Å². The van der Waals surface area contributed by atoms with E-state index in [1.165, 1.54) is 0 Å². The van der Waals surface area contributed by atoms with Crippen molar-refractivity contribution in [3.8, 4) is 11.5 Å². The molecule has 2 aliphatic heterocycles. The fourth-order valence-corrected chi connectivity index (χ4v) is 4.18. The van der Waals surface area contributed by atoms with Gasteiger partial charge in [0.15, 0.2) is 11.5 Å². The summed E-state index contributed by atoms with van der Waals surface area (Å²) < 4.78 is 36.7. The molecule has 1 saturated heterocycles. The molecule has 0 saturated carbocycles. The SMILES string of the molecule is CCS(=O)(=O)N1CCC(NCc2cccc3c2OCCO3)CC1. The van der Waals surface area contributed by atoms with E-state index in [-0.39, 0.29) is 5.75 Å². The number of fused-ring (bicyclic) bond motifs is 1. The van der Waals surface area contributed by atoms with Crippen molar-refractivity contribution in [2.75, 3.05) is 32.1 Å². The summed E-state index contributed by atoms with van der Waals surface area (Å²) in [6.45, 7) is 4.77. The summed E-state index contributed by atoms with van der Waals surface area (Å²) in [4.78, 5) is 0. The van der Waals surface area contributed by atoms with Crippen LogP contribution < -0.4 is 14.8 Å². The normalized spacial score (nSPS) is 19.7. The minimum atomic E-state index is -3.05. The average molecular weight is 340 g/mol. The lowest BCUT2D eigenvalue weighted by Gasteiger charge is -2.31. The number of benzene rings is 1. The molecule has 2 aliphatic rings. The molecule has 128 valence electrons. The maximum Gasteiger partial charge on any atom is 0.213 e. The number of nitrogens with one attached hydrogen (secondary N) is 1. The van der Waals surface area contributed by atoms with Gasteiger partial charge in [0.2, 0.25) is 10.0 Å². The predicted molar refractivity (Wildman–Crippen MR) is 88.3 cm³/mol. The summed E-state index contributed by atoms with van der Waals surface area (Å²) in [5.41, 5.74) is 1.09. The number of hydrogen-bond donors (Lipinski definition) is 1. The third-order valence-electron chi connectivity index (χ3n) is 4.44. The number of hydrogen-bond acceptors (Lipinski definition) is 5. The molecule has 6 nitrogen and oxygen atoms in total. The first-order valence-corrected chi connectivity index (χ1v) is 9.80. The summed E-state index contributed by atoms with van der Waals surface area (Å²) in [6.07, 6.45) is 1.68. The number of rotatable bonds is 5. The van der Waals surface area contributed by atoms with Crippen LogP contribution in [0.2, 0.25) is 0 Å². The molecule has 0 bridgehead atoms. The van der Waals surface area contributed by atoms with E-state index in [4.69, 9.17) is 9.47 Å². The first-order valence-electron chi connectivity index (χ1n) is 8.19. The number of para-hydroxylation sites is 1. The molecule has 0 amide bonds. The third kappa shape index (κ3) is 3.79. The van der Waals surface area contributed by atoms with Gasteiger partial charge >= 0.3 is 0 Å². The van der Waals surface area contributed by atoms with Crippen molar-refractivity contribution in [3.63, 3.8) is 0 Å². The quantitative estimate of drug-likeness (QED) is 0.877. The topological polar surface area (TPSA) is 67.9 Å². The molecule has 1 aromatic carbocycles. The van der Waals surface area contributed by atoms with E-state index in [0.29, 0.717) is 38.9 Å². The highest BCUT2D eigenvalue weighted by Gasteiger charge is 2.26. The zero-order valence-corrected chi connectivity index (χ0v) is 14.3. The van der Waals surface area contributed by atoms with Crippen LogP contribution in [0.25, 0.3) is 0 Å². The third-order valence-corrected chi connectivity index (χ3v) is 6.32. The second kappa shape index (κ2) is 7.07. The molecule has 0 atom stereocenters. The van der Waals surface area contributed by atoms with Gasteiger partial charge in [0.05, 0.1) is 5.75 Å². The summed E-state index contributed by atoms with van der Waals surface area (Å²) in [5, 5.41) is 3.52. The van der Waals surface area contributed by atoms with E-state index in [9.17, 15) is 8.42 Å². The number of piperidine rings is 1. The Kier molecular flexibility index (Phi) is 5.08. The van der Waals surface area contributed by atoms with Crippen LogP contribution in [0.15, 0.2) is 18.2 Å². The Morgan fingerprint density at radius 2 is 1.96 bits per heavy atom. The van der Waals surface area contributed by atoms with Gasteiger partial charge in [-0.25, -0.2) is 12.7 Å². The van der Waals surface area contributed by atoms with Crippen LogP contribution in [-0.2, 0) is 16.6 Å². The average Bonchev–Trinajstić information content (AvgIpc) is 2.60. The second-order valence-electron chi connectivity index (χ2n) is 5.90. The van der Waals surface area contributed by atoms with Gasteiger partial charge in [0.25, 0.3) is 0 Å². The van der Waals surface area contributed by atoms with Crippen LogP contribution in [0, 0.1) is 0 Å². The first kappa shape index (κ1) is 16.5. The van der Waals surface area contributed by atoms with Crippen LogP contribution in [0.4, 0.5) is 0 Å². The summed E-state index contributed by atoms with van der Waals surface area (Å²) in [5.74, 6) is 1.81. The molecule has 0 aliphatic carbocycles. The lowest BCUT2D eigenvalue weighted by atomic mass is 10.1. The molecule has 3 rings (SSSR count). The predicted octanol–water partition coefficient (Wildman–Crippen LogP) is 1.36. The second-order valence-corrected chi connectivity index (χ2v) is 8.15. The van der Waals surface area contributed by atoms with Crippen LogP contribution in [0.3, 0.4) is 0 Å². The molecular weight excluding hydrogens is 316 g/mol. The monoisotopic (exact) mass is 340 g/mol. The number of nitrogens with zero attached hydrogens (tertiary/aromatic N) is 1. The zero-order valence-electron chi connectivity index (χ0n) is 13.5. The van der Waals surface area contributed by atoms with E-state index < -0.39 is 10.0 Å². The highest BCUT2D eigenvalue weighted by Crippen LogP contribution is 2.33. The Morgan fingerprint density at radius 1 is 1.22 bits per heavy atom. The Balaban J connectivity index is 1.55. The molecule has 0 unspecified atom stereocenters. The standard InChI is InChI=1S/C16H24N2O4S/c1-2-23(19,20)18-8-6-14(7-9-18)17-12-13-4-3-5-15-16(13)22-11-10-21-15/h3-5,14,17H,2,6-12H2,1H3. The lowest BCUT2D eigenvalue weighted by molar-refractivity contribution is 0.169. The maximum atomic E-state index is 11.9. The lowest BCUT2D eigenvalue weighted by Crippen LogP contribution is -2.45. The van der Waals surface area contributed by atoms with Crippen molar-refractivity contribution in [2.24, 2.45) is 0 Å². The summed E-state index contributed by atoms with van der Waals surface area (Å²) >= 11 is 0. The van der Waals surface area contributed by atoms with Gasteiger partial charge in [-0.3, -0.25) is 0 Å². The summed E-state index contributed by atoms with van der Waals surface area (Å²) in [6, 6.07) is 6.27. The minimum Gasteiger partial charge on any atom is -0.486 e. The Morgan fingerprint density at radius 3 is 2.70 bits per heavy atom. The largest absolute Gasteiger partial charge is 0.486 e. The zero-order chi connectivity index (χ0) is 16.3. The van der Waals surface area contributed by atoms with Crippen molar-refractivity contribution in [1.82, 2.24) is 9.62 Å². The highest BCUT2D eigenvalue weighted by atomic mass is 32.2. The van der Waals surface area contributed by atoms with Gasteiger partial charge in [0.1, 0.15) is 13.2 Å². The van der Waals surface area contributed by atoms with Gasteiger partial charge < -0.3 is 14.8 Å². The minimum absolute atomic E-state index is 0.179. The molecule has 23 heavy (non-hydrogen) atoms. The van der Waals surface area contributed by atoms with Gasteiger partial charge in [-0.1, -0.05) is 12.1 Å². The first-order chi connectivity index (χ1) is 11.1. The van der Waals surface area contributed by atoms with Gasteiger partial charge in [-0.2, -0.15) is 0 Å². The molecule has 1 fully saturated rings. The molecule has 1 N–H and O–H groups in total. The number of ether oxygens (including phenoxy) is 2. The summed E-state index contributed by atoms with van der Waals surface area (Å²) in [7, 11) is -3.05. The molecule has 7 heteroatoms. The molecule has 0 radical (unpaired) electrons. The maximum absolute atomic E-state index is 11.9. The van der Waals surface area contributed by atoms with E-state index in [1.54, 1.807) is 11.2 Å². The smallest absolute Gasteiger partial charge is 0.213 e.